The lowest BCUT2D eigenvalue weighted by atomic mass is 9.98. The van der Waals surface area contributed by atoms with E-state index in [2.05, 4.69) is 25.1 Å². The predicted octanol–water partition coefficient (Wildman–Crippen LogP) is 3.55. The third-order valence-corrected chi connectivity index (χ3v) is 3.26. The Morgan fingerprint density at radius 3 is 2.78 bits per heavy atom. The average molecular weight is 244 g/mol. The number of fused-ring (bicyclic) bond motifs is 1. The molecule has 2 nitrogen and oxygen atoms in total. The molecular weight excluding hydrogens is 224 g/mol. The van der Waals surface area contributed by atoms with Crippen LogP contribution in [0.5, 0.6) is 5.75 Å². The van der Waals surface area contributed by atoms with E-state index in [-0.39, 0.29) is 6.10 Å². The molecule has 0 spiro atoms. The summed E-state index contributed by atoms with van der Waals surface area (Å²) < 4.78 is 5.27. The topological polar surface area (TPSA) is 29.5 Å². The van der Waals surface area contributed by atoms with Crippen molar-refractivity contribution in [3.05, 3.63) is 42.0 Å². The maximum atomic E-state index is 9.96. The van der Waals surface area contributed by atoms with Gasteiger partial charge >= 0.3 is 0 Å². The molecule has 0 heterocycles. The summed E-state index contributed by atoms with van der Waals surface area (Å²) in [5.41, 5.74) is 1.19. The van der Waals surface area contributed by atoms with E-state index in [0.717, 1.165) is 18.6 Å². The second-order valence-electron chi connectivity index (χ2n) is 4.65. The number of aliphatic hydroxyl groups is 1. The molecule has 0 aromatic heterocycles. The zero-order chi connectivity index (χ0) is 13.0. The summed E-state index contributed by atoms with van der Waals surface area (Å²) in [6.07, 6.45) is 2.31. The van der Waals surface area contributed by atoms with Crippen molar-refractivity contribution in [3.8, 4) is 5.75 Å². The Hall–Kier alpha value is -1.54. The van der Waals surface area contributed by atoms with Gasteiger partial charge in [0.1, 0.15) is 5.75 Å². The summed E-state index contributed by atoms with van der Waals surface area (Å²) in [5.74, 6) is 0.861. The molecule has 1 N–H and O–H groups in total. The van der Waals surface area contributed by atoms with Gasteiger partial charge < -0.3 is 9.84 Å². The minimum absolute atomic E-state index is 0.258. The Bertz CT molecular complexity index is 519. The molecule has 0 saturated heterocycles. The molecule has 0 aliphatic rings. The Labute approximate surface area is 108 Å². The fourth-order valence-corrected chi connectivity index (χ4v) is 2.31. The van der Waals surface area contributed by atoms with Crippen LogP contribution in [0.15, 0.2) is 36.4 Å². The van der Waals surface area contributed by atoms with Crippen molar-refractivity contribution in [1.29, 1.82) is 0 Å². The molecule has 0 bridgehead atoms. The highest BCUT2D eigenvalue weighted by atomic mass is 16.5. The van der Waals surface area contributed by atoms with Crippen LogP contribution in [0.25, 0.3) is 10.8 Å². The quantitative estimate of drug-likeness (QED) is 0.871. The molecule has 0 saturated carbocycles. The molecule has 2 aromatic rings. The third kappa shape index (κ3) is 2.82. The molecule has 0 radical (unpaired) electrons. The van der Waals surface area contributed by atoms with Crippen LogP contribution in [0.2, 0.25) is 0 Å². The SMILES string of the molecule is CCCC(O)Cc1cccc2ccc(OC)cc12. The van der Waals surface area contributed by atoms with E-state index >= 15 is 0 Å². The van der Waals surface area contributed by atoms with E-state index < -0.39 is 0 Å². The van der Waals surface area contributed by atoms with Gasteiger partial charge in [-0.25, -0.2) is 0 Å². The van der Waals surface area contributed by atoms with Crippen molar-refractivity contribution >= 4 is 10.8 Å². The first-order valence-corrected chi connectivity index (χ1v) is 6.48. The van der Waals surface area contributed by atoms with Crippen molar-refractivity contribution in [2.45, 2.75) is 32.3 Å². The summed E-state index contributed by atoms with van der Waals surface area (Å²) in [6.45, 7) is 2.09. The Morgan fingerprint density at radius 2 is 2.06 bits per heavy atom. The lowest BCUT2D eigenvalue weighted by Crippen LogP contribution is -2.09. The highest BCUT2D eigenvalue weighted by molar-refractivity contribution is 5.87. The summed E-state index contributed by atoms with van der Waals surface area (Å²) in [7, 11) is 1.68. The van der Waals surface area contributed by atoms with Gasteiger partial charge in [-0.2, -0.15) is 0 Å². The number of ether oxygens (including phenoxy) is 1. The standard InChI is InChI=1S/C16H20O2/c1-3-5-14(17)10-13-7-4-6-12-8-9-15(18-2)11-16(12)13/h4,6-9,11,14,17H,3,5,10H2,1-2H3. The van der Waals surface area contributed by atoms with Gasteiger partial charge in [0, 0.05) is 0 Å². The van der Waals surface area contributed by atoms with Gasteiger partial charge in [-0.05, 0) is 41.3 Å². The van der Waals surface area contributed by atoms with Gasteiger partial charge in [0.05, 0.1) is 13.2 Å². The van der Waals surface area contributed by atoms with Gasteiger partial charge in [-0.15, -0.1) is 0 Å². The van der Waals surface area contributed by atoms with Crippen LogP contribution in [-0.2, 0) is 6.42 Å². The molecule has 96 valence electrons. The van der Waals surface area contributed by atoms with E-state index in [0.29, 0.717) is 6.42 Å². The summed E-state index contributed by atoms with van der Waals surface area (Å²) in [5, 5.41) is 12.3. The Morgan fingerprint density at radius 1 is 1.22 bits per heavy atom. The second-order valence-corrected chi connectivity index (χ2v) is 4.65. The van der Waals surface area contributed by atoms with Crippen LogP contribution >= 0.6 is 0 Å². The lowest BCUT2D eigenvalue weighted by Gasteiger charge is -2.12. The summed E-state index contributed by atoms with van der Waals surface area (Å²) in [4.78, 5) is 0. The molecule has 2 aromatic carbocycles. The maximum absolute atomic E-state index is 9.96. The number of hydrogen-bond donors (Lipinski definition) is 1. The first kappa shape index (κ1) is 12.9. The Balaban J connectivity index is 2.36. The minimum Gasteiger partial charge on any atom is -0.497 e. The molecule has 2 heteroatoms. The molecule has 18 heavy (non-hydrogen) atoms. The molecule has 0 aliphatic carbocycles. The van der Waals surface area contributed by atoms with Crippen LogP contribution in [0.3, 0.4) is 0 Å². The third-order valence-electron chi connectivity index (χ3n) is 3.26. The van der Waals surface area contributed by atoms with Crippen molar-refractivity contribution in [1.82, 2.24) is 0 Å². The molecule has 2 rings (SSSR count). The summed E-state index contributed by atoms with van der Waals surface area (Å²) in [6, 6.07) is 12.3. The zero-order valence-electron chi connectivity index (χ0n) is 11.0. The highest BCUT2D eigenvalue weighted by Gasteiger charge is 2.08. The fourth-order valence-electron chi connectivity index (χ4n) is 2.31. The number of benzene rings is 2. The summed E-state index contributed by atoms with van der Waals surface area (Å²) >= 11 is 0. The zero-order valence-corrected chi connectivity index (χ0v) is 11.0. The van der Waals surface area contributed by atoms with Crippen molar-refractivity contribution in [2.75, 3.05) is 7.11 Å². The molecule has 1 atom stereocenters. The van der Waals surface area contributed by atoms with E-state index in [4.69, 9.17) is 4.74 Å². The number of methoxy groups -OCH3 is 1. The van der Waals surface area contributed by atoms with Crippen LogP contribution in [0.1, 0.15) is 25.3 Å². The van der Waals surface area contributed by atoms with E-state index in [9.17, 15) is 5.11 Å². The molecule has 0 amide bonds. The van der Waals surface area contributed by atoms with E-state index in [1.807, 2.05) is 18.2 Å². The van der Waals surface area contributed by atoms with Gasteiger partial charge in [0.2, 0.25) is 0 Å². The monoisotopic (exact) mass is 244 g/mol. The van der Waals surface area contributed by atoms with Crippen molar-refractivity contribution < 1.29 is 9.84 Å². The lowest BCUT2D eigenvalue weighted by molar-refractivity contribution is 0.164. The molecule has 1 unspecified atom stereocenters. The minimum atomic E-state index is -0.258. The highest BCUT2D eigenvalue weighted by Crippen LogP contribution is 2.25. The van der Waals surface area contributed by atoms with Gasteiger partial charge in [-0.1, -0.05) is 37.6 Å². The average Bonchev–Trinajstić information content (AvgIpc) is 2.39. The van der Waals surface area contributed by atoms with Crippen molar-refractivity contribution in [3.63, 3.8) is 0 Å². The first-order valence-electron chi connectivity index (χ1n) is 6.48. The van der Waals surface area contributed by atoms with Crippen LogP contribution < -0.4 is 4.74 Å². The van der Waals surface area contributed by atoms with Crippen LogP contribution in [0, 0.1) is 0 Å². The molecular formula is C16H20O2. The van der Waals surface area contributed by atoms with E-state index in [1.54, 1.807) is 7.11 Å². The van der Waals surface area contributed by atoms with Crippen molar-refractivity contribution in [2.24, 2.45) is 0 Å². The Kier molecular flexibility index (Phi) is 4.21. The number of aliphatic hydroxyl groups excluding tert-OH is 1. The first-order chi connectivity index (χ1) is 8.74. The molecule has 0 fully saturated rings. The maximum Gasteiger partial charge on any atom is 0.119 e. The normalized spacial score (nSPS) is 12.6. The van der Waals surface area contributed by atoms with Gasteiger partial charge in [-0.3, -0.25) is 0 Å². The largest absolute Gasteiger partial charge is 0.497 e. The molecule has 0 aliphatic heterocycles. The van der Waals surface area contributed by atoms with Crippen LogP contribution in [-0.4, -0.2) is 18.3 Å². The van der Waals surface area contributed by atoms with Gasteiger partial charge in [0.15, 0.2) is 0 Å². The number of hydrogen-bond acceptors (Lipinski definition) is 2. The smallest absolute Gasteiger partial charge is 0.119 e. The van der Waals surface area contributed by atoms with Gasteiger partial charge in [0.25, 0.3) is 0 Å². The second kappa shape index (κ2) is 5.87. The van der Waals surface area contributed by atoms with E-state index in [1.165, 1.54) is 16.3 Å². The fraction of sp³-hybridized carbons (Fsp3) is 0.375. The van der Waals surface area contributed by atoms with Crippen LogP contribution in [0.4, 0.5) is 0 Å². The predicted molar refractivity (Wildman–Crippen MR) is 75.1 cm³/mol. The number of rotatable bonds is 5.